The summed E-state index contributed by atoms with van der Waals surface area (Å²) in [5.74, 6) is 3.13. The molecule has 4 rings (SSSR count). The first-order valence-electron chi connectivity index (χ1n) is 10.8. The quantitative estimate of drug-likeness (QED) is 0.601. The number of nitrogens with zero attached hydrogens (tertiary/aromatic N) is 6. The van der Waals surface area contributed by atoms with Gasteiger partial charge in [-0.2, -0.15) is 0 Å². The highest BCUT2D eigenvalue weighted by Gasteiger charge is 2.23. The number of hydrogen-bond acceptors (Lipinski definition) is 7. The van der Waals surface area contributed by atoms with Crippen molar-refractivity contribution in [3.05, 3.63) is 65.4 Å². The second-order valence-electron chi connectivity index (χ2n) is 8.25. The minimum atomic E-state index is 0.451. The number of ether oxygens (including phenoxy) is 1. The number of benzene rings is 1. The molecule has 0 amide bonds. The normalized spacial score (nSPS) is 14.2. The van der Waals surface area contributed by atoms with Crippen LogP contribution in [0.4, 0.5) is 11.8 Å². The molecular formula is C24H30N6O. The fraction of sp³-hybridized carbons (Fsp3) is 0.417. The van der Waals surface area contributed by atoms with Crippen LogP contribution in [-0.2, 0) is 6.61 Å². The monoisotopic (exact) mass is 418 g/mol. The van der Waals surface area contributed by atoms with Gasteiger partial charge in [-0.1, -0.05) is 26.0 Å². The number of aromatic nitrogens is 4. The Morgan fingerprint density at radius 2 is 1.65 bits per heavy atom. The van der Waals surface area contributed by atoms with Crippen molar-refractivity contribution in [3.8, 4) is 5.75 Å². The molecule has 0 unspecified atom stereocenters. The molecule has 0 spiro atoms. The first kappa shape index (κ1) is 21.0. The van der Waals surface area contributed by atoms with Crippen LogP contribution in [0.2, 0.25) is 0 Å². The molecule has 1 fully saturated rings. The molecule has 31 heavy (non-hydrogen) atoms. The van der Waals surface area contributed by atoms with Gasteiger partial charge in [0.15, 0.2) is 0 Å². The van der Waals surface area contributed by atoms with Gasteiger partial charge in [0.2, 0.25) is 5.95 Å². The maximum Gasteiger partial charge on any atom is 0.225 e. The Balaban J connectivity index is 1.49. The predicted molar refractivity (Wildman–Crippen MR) is 123 cm³/mol. The van der Waals surface area contributed by atoms with Gasteiger partial charge >= 0.3 is 0 Å². The Bertz CT molecular complexity index is 1020. The van der Waals surface area contributed by atoms with Crippen molar-refractivity contribution in [1.82, 2.24) is 19.9 Å². The zero-order valence-corrected chi connectivity index (χ0v) is 18.7. The van der Waals surface area contributed by atoms with Crippen molar-refractivity contribution in [3.63, 3.8) is 0 Å². The van der Waals surface area contributed by atoms with Crippen LogP contribution in [0.5, 0.6) is 5.75 Å². The molecular weight excluding hydrogens is 388 g/mol. The lowest BCUT2D eigenvalue weighted by molar-refractivity contribution is 0.302. The van der Waals surface area contributed by atoms with E-state index in [9.17, 15) is 0 Å². The molecule has 1 aliphatic heterocycles. The van der Waals surface area contributed by atoms with Crippen LogP contribution in [-0.4, -0.2) is 46.1 Å². The molecule has 1 aliphatic rings. The number of aryl methyl sites for hydroxylation is 2. The number of rotatable bonds is 6. The minimum absolute atomic E-state index is 0.451. The lowest BCUT2D eigenvalue weighted by Gasteiger charge is -2.36. The Morgan fingerprint density at radius 3 is 2.35 bits per heavy atom. The van der Waals surface area contributed by atoms with E-state index in [-0.39, 0.29) is 0 Å². The lowest BCUT2D eigenvalue weighted by Crippen LogP contribution is -2.47. The smallest absolute Gasteiger partial charge is 0.225 e. The van der Waals surface area contributed by atoms with Gasteiger partial charge in [0.1, 0.15) is 24.5 Å². The third kappa shape index (κ3) is 4.76. The average molecular weight is 419 g/mol. The summed E-state index contributed by atoms with van der Waals surface area (Å²) in [5.41, 5.74) is 4.41. The van der Waals surface area contributed by atoms with E-state index < -0.39 is 0 Å². The van der Waals surface area contributed by atoms with Crippen molar-refractivity contribution in [1.29, 1.82) is 0 Å². The third-order valence-electron chi connectivity index (χ3n) is 5.80. The van der Waals surface area contributed by atoms with Crippen molar-refractivity contribution < 1.29 is 4.74 Å². The molecule has 0 aliphatic carbocycles. The maximum atomic E-state index is 6.28. The number of hydrogen-bond donors (Lipinski definition) is 0. The van der Waals surface area contributed by atoms with E-state index in [1.54, 1.807) is 18.7 Å². The van der Waals surface area contributed by atoms with Crippen molar-refractivity contribution in [2.45, 2.75) is 40.2 Å². The van der Waals surface area contributed by atoms with E-state index in [2.05, 4.69) is 68.7 Å². The summed E-state index contributed by atoms with van der Waals surface area (Å²) in [6.07, 6.45) is 5.22. The van der Waals surface area contributed by atoms with E-state index in [1.165, 1.54) is 5.56 Å². The van der Waals surface area contributed by atoms with E-state index in [1.807, 2.05) is 13.0 Å². The Kier molecular flexibility index (Phi) is 6.30. The Hall–Kier alpha value is -3.22. The first-order valence-corrected chi connectivity index (χ1v) is 10.8. The molecule has 1 saturated heterocycles. The average Bonchev–Trinajstić information content (AvgIpc) is 2.79. The van der Waals surface area contributed by atoms with Crippen LogP contribution in [0.1, 0.15) is 42.1 Å². The topological polar surface area (TPSA) is 67.3 Å². The molecule has 7 nitrogen and oxygen atoms in total. The largest absolute Gasteiger partial charge is 0.488 e. The highest BCUT2D eigenvalue weighted by atomic mass is 16.5. The summed E-state index contributed by atoms with van der Waals surface area (Å²) in [5, 5.41) is 0. The standard InChI is InChI=1S/C24H30N6O/c1-17(2)20-7-6-18(3)22(14-20)31-15-21-19(4)27-16-28-23(21)29-10-12-30(13-11-29)24-25-8-5-9-26-24/h5-9,14,16-17H,10-13,15H2,1-4H3. The van der Waals surface area contributed by atoms with E-state index in [0.717, 1.165) is 60.5 Å². The third-order valence-corrected chi connectivity index (χ3v) is 5.80. The lowest BCUT2D eigenvalue weighted by atomic mass is 10.0. The molecule has 2 aromatic heterocycles. The summed E-state index contributed by atoms with van der Waals surface area (Å²) in [7, 11) is 0. The summed E-state index contributed by atoms with van der Waals surface area (Å²) >= 11 is 0. The molecule has 0 saturated carbocycles. The van der Waals surface area contributed by atoms with Gasteiger partial charge in [-0.05, 0) is 43.0 Å². The fourth-order valence-corrected chi connectivity index (χ4v) is 3.78. The zero-order valence-electron chi connectivity index (χ0n) is 18.7. The molecule has 3 heterocycles. The van der Waals surface area contributed by atoms with E-state index in [4.69, 9.17) is 4.74 Å². The predicted octanol–water partition coefficient (Wildman–Crippen LogP) is 3.91. The van der Waals surface area contributed by atoms with Gasteiger partial charge in [-0.25, -0.2) is 19.9 Å². The highest BCUT2D eigenvalue weighted by Crippen LogP contribution is 2.27. The Morgan fingerprint density at radius 1 is 0.935 bits per heavy atom. The van der Waals surface area contributed by atoms with E-state index in [0.29, 0.717) is 12.5 Å². The molecule has 0 atom stereocenters. The zero-order chi connectivity index (χ0) is 21.8. The maximum absolute atomic E-state index is 6.28. The van der Waals surface area contributed by atoms with Gasteiger partial charge in [0.05, 0.1) is 5.56 Å². The highest BCUT2D eigenvalue weighted by molar-refractivity contribution is 5.50. The van der Waals surface area contributed by atoms with Gasteiger partial charge in [-0.15, -0.1) is 0 Å². The van der Waals surface area contributed by atoms with Crippen LogP contribution in [0.15, 0.2) is 43.0 Å². The summed E-state index contributed by atoms with van der Waals surface area (Å²) in [6.45, 7) is 12.4. The molecule has 1 aromatic carbocycles. The van der Waals surface area contributed by atoms with Crippen molar-refractivity contribution >= 4 is 11.8 Å². The summed E-state index contributed by atoms with van der Waals surface area (Å²) in [4.78, 5) is 22.3. The van der Waals surface area contributed by atoms with Gasteiger partial charge in [0, 0.05) is 44.3 Å². The molecule has 0 radical (unpaired) electrons. The van der Waals surface area contributed by atoms with Crippen molar-refractivity contribution in [2.24, 2.45) is 0 Å². The minimum Gasteiger partial charge on any atom is -0.488 e. The van der Waals surface area contributed by atoms with Crippen LogP contribution in [0.25, 0.3) is 0 Å². The molecule has 0 N–H and O–H groups in total. The molecule has 162 valence electrons. The number of piperazine rings is 1. The van der Waals surface area contributed by atoms with Gasteiger partial charge in [0.25, 0.3) is 0 Å². The first-order chi connectivity index (χ1) is 15.0. The Labute approximate surface area is 184 Å². The van der Waals surface area contributed by atoms with E-state index >= 15 is 0 Å². The van der Waals surface area contributed by atoms with Crippen LogP contribution < -0.4 is 14.5 Å². The summed E-state index contributed by atoms with van der Waals surface area (Å²) in [6, 6.07) is 8.29. The van der Waals surface area contributed by atoms with Gasteiger partial charge < -0.3 is 14.5 Å². The molecule has 7 heteroatoms. The second kappa shape index (κ2) is 9.29. The fourth-order valence-electron chi connectivity index (χ4n) is 3.78. The van der Waals surface area contributed by atoms with Crippen molar-refractivity contribution in [2.75, 3.05) is 36.0 Å². The van der Waals surface area contributed by atoms with Crippen LogP contribution in [0.3, 0.4) is 0 Å². The number of anilines is 2. The molecule has 3 aromatic rings. The van der Waals surface area contributed by atoms with Gasteiger partial charge in [-0.3, -0.25) is 0 Å². The van der Waals surface area contributed by atoms with Crippen LogP contribution >= 0.6 is 0 Å². The summed E-state index contributed by atoms with van der Waals surface area (Å²) < 4.78 is 6.28. The molecule has 0 bridgehead atoms. The SMILES string of the molecule is Cc1ccc(C(C)C)cc1OCc1c(C)ncnc1N1CCN(c2ncccn2)CC1. The van der Waals surface area contributed by atoms with Crippen LogP contribution in [0, 0.1) is 13.8 Å². The second-order valence-corrected chi connectivity index (χ2v) is 8.25.